The minimum absolute atomic E-state index is 0.242. The lowest BCUT2D eigenvalue weighted by Crippen LogP contribution is -2.51. The van der Waals surface area contributed by atoms with Crippen LogP contribution < -0.4 is 0 Å². The highest BCUT2D eigenvalue weighted by molar-refractivity contribution is 7.93. The maximum Gasteiger partial charge on any atom is 0.159 e. The first-order chi connectivity index (χ1) is 11.4. The van der Waals surface area contributed by atoms with Gasteiger partial charge < -0.3 is 0 Å². The Morgan fingerprint density at radius 2 is 1.17 bits per heavy atom. The highest BCUT2D eigenvalue weighted by Gasteiger charge is 2.67. The van der Waals surface area contributed by atoms with E-state index in [0.717, 1.165) is 64.2 Å². The van der Waals surface area contributed by atoms with Gasteiger partial charge in [-0.3, -0.25) is 0 Å². The van der Waals surface area contributed by atoms with Gasteiger partial charge >= 0.3 is 0 Å². The van der Waals surface area contributed by atoms with Crippen molar-refractivity contribution in [2.24, 2.45) is 5.41 Å². The van der Waals surface area contributed by atoms with E-state index in [-0.39, 0.29) is 5.75 Å². The van der Waals surface area contributed by atoms with Crippen molar-refractivity contribution in [1.82, 2.24) is 0 Å². The standard InChI is InChI=1S/C20H39FO2S/c1-5-9-13-19(14-10-6-2)18(21)17-24(22,23)20(19,15-11-7-3)16-12-8-4/h18H,5-17H2,1-4H3. The number of alkyl halides is 1. The minimum Gasteiger partial charge on any atom is -0.246 e. The Kier molecular flexibility index (Phi) is 8.72. The van der Waals surface area contributed by atoms with E-state index in [4.69, 9.17) is 0 Å². The van der Waals surface area contributed by atoms with Crippen molar-refractivity contribution < 1.29 is 12.8 Å². The van der Waals surface area contributed by atoms with E-state index in [1.807, 2.05) is 0 Å². The van der Waals surface area contributed by atoms with Crippen LogP contribution in [0.3, 0.4) is 0 Å². The maximum absolute atomic E-state index is 15.4. The first kappa shape index (κ1) is 21.9. The number of rotatable bonds is 12. The third kappa shape index (κ3) is 3.99. The Bertz CT molecular complexity index is 442. The van der Waals surface area contributed by atoms with E-state index >= 15 is 4.39 Å². The lowest BCUT2D eigenvalue weighted by molar-refractivity contribution is 0.0495. The average Bonchev–Trinajstić information content (AvgIpc) is 2.70. The second kappa shape index (κ2) is 9.54. The van der Waals surface area contributed by atoms with Crippen molar-refractivity contribution in [2.45, 2.75) is 116 Å². The molecule has 0 aromatic rings. The average molecular weight is 363 g/mol. The fraction of sp³-hybridized carbons (Fsp3) is 1.00. The minimum atomic E-state index is -3.39. The monoisotopic (exact) mass is 362 g/mol. The SMILES string of the molecule is CCCCC1(CCCC)C(F)CS(=O)(=O)C1(CCCC)CCCC. The van der Waals surface area contributed by atoms with Crippen LogP contribution in [0.1, 0.15) is 105 Å². The lowest BCUT2D eigenvalue weighted by Gasteiger charge is -2.46. The van der Waals surface area contributed by atoms with E-state index in [9.17, 15) is 8.42 Å². The summed E-state index contributed by atoms with van der Waals surface area (Å²) in [7, 11) is -3.39. The third-order valence-electron chi connectivity index (χ3n) is 6.29. The van der Waals surface area contributed by atoms with Gasteiger partial charge in [-0.1, -0.05) is 79.1 Å². The van der Waals surface area contributed by atoms with Crippen molar-refractivity contribution in [1.29, 1.82) is 0 Å². The summed E-state index contributed by atoms with van der Waals surface area (Å²) in [5.41, 5.74) is -0.651. The molecule has 1 fully saturated rings. The molecule has 1 atom stereocenters. The van der Waals surface area contributed by atoms with Crippen LogP contribution in [0, 0.1) is 5.41 Å². The number of hydrogen-bond acceptors (Lipinski definition) is 2. The molecule has 144 valence electrons. The molecule has 0 N–H and O–H groups in total. The first-order valence-corrected chi connectivity index (χ1v) is 11.9. The Morgan fingerprint density at radius 3 is 1.54 bits per heavy atom. The molecule has 0 aromatic heterocycles. The normalized spacial score (nSPS) is 24.3. The molecule has 0 amide bonds. The predicted molar refractivity (Wildman–Crippen MR) is 102 cm³/mol. The topological polar surface area (TPSA) is 34.1 Å². The molecule has 1 saturated heterocycles. The Hall–Kier alpha value is -0.120. The zero-order valence-electron chi connectivity index (χ0n) is 16.4. The number of halogens is 1. The van der Waals surface area contributed by atoms with E-state index < -0.39 is 26.2 Å². The number of sulfone groups is 1. The second-order valence-electron chi connectivity index (χ2n) is 7.81. The van der Waals surface area contributed by atoms with Gasteiger partial charge in [-0.05, 0) is 25.7 Å². The highest BCUT2D eigenvalue weighted by atomic mass is 32.2. The molecule has 1 unspecified atom stereocenters. The molecule has 4 heteroatoms. The zero-order valence-corrected chi connectivity index (χ0v) is 17.2. The summed E-state index contributed by atoms with van der Waals surface area (Å²) in [4.78, 5) is 0. The van der Waals surface area contributed by atoms with Gasteiger partial charge in [0.05, 0.1) is 10.5 Å². The van der Waals surface area contributed by atoms with Crippen LogP contribution in [0.4, 0.5) is 4.39 Å². The second-order valence-corrected chi connectivity index (χ2v) is 10.2. The quantitative estimate of drug-likeness (QED) is 0.412. The van der Waals surface area contributed by atoms with Crippen molar-refractivity contribution >= 4 is 9.84 Å². The molecule has 1 aliphatic rings. The zero-order chi connectivity index (χ0) is 18.3. The molecular weight excluding hydrogens is 323 g/mol. The van der Waals surface area contributed by atoms with Crippen LogP contribution in [0.2, 0.25) is 0 Å². The summed E-state index contributed by atoms with van der Waals surface area (Å²) < 4.78 is 40.9. The molecule has 0 aromatic carbocycles. The summed E-state index contributed by atoms with van der Waals surface area (Å²) in [6.07, 6.45) is 9.15. The Balaban J connectivity index is 3.42. The van der Waals surface area contributed by atoms with Crippen molar-refractivity contribution in [3.8, 4) is 0 Å². The molecule has 1 aliphatic heterocycles. The molecule has 0 spiro atoms. The molecule has 0 bridgehead atoms. The predicted octanol–water partition coefficient (Wildman–Crippen LogP) is 6.24. The summed E-state index contributed by atoms with van der Waals surface area (Å²) >= 11 is 0. The van der Waals surface area contributed by atoms with Gasteiger partial charge in [0, 0.05) is 5.41 Å². The van der Waals surface area contributed by atoms with Gasteiger partial charge in [-0.25, -0.2) is 12.8 Å². The van der Waals surface area contributed by atoms with Crippen LogP contribution >= 0.6 is 0 Å². The molecule has 24 heavy (non-hydrogen) atoms. The smallest absolute Gasteiger partial charge is 0.159 e. The molecule has 2 nitrogen and oxygen atoms in total. The molecule has 1 heterocycles. The molecule has 0 radical (unpaired) electrons. The molecular formula is C20H39FO2S. The molecule has 1 rings (SSSR count). The Labute approximate surface area is 149 Å². The van der Waals surface area contributed by atoms with Gasteiger partial charge in [-0.15, -0.1) is 0 Å². The summed E-state index contributed by atoms with van der Waals surface area (Å²) in [6.45, 7) is 8.43. The van der Waals surface area contributed by atoms with Gasteiger partial charge in [0.15, 0.2) is 9.84 Å². The maximum atomic E-state index is 15.4. The van der Waals surface area contributed by atoms with Crippen LogP contribution in [0.25, 0.3) is 0 Å². The number of unbranched alkanes of at least 4 members (excludes halogenated alkanes) is 4. The number of hydrogen-bond donors (Lipinski definition) is 0. The van der Waals surface area contributed by atoms with Gasteiger partial charge in [-0.2, -0.15) is 0 Å². The van der Waals surface area contributed by atoms with E-state index in [2.05, 4.69) is 27.7 Å². The fourth-order valence-electron chi connectivity index (χ4n) is 4.84. The van der Waals surface area contributed by atoms with E-state index in [1.165, 1.54) is 0 Å². The van der Waals surface area contributed by atoms with Crippen LogP contribution in [-0.4, -0.2) is 25.1 Å². The molecule has 0 saturated carbocycles. The first-order valence-electron chi connectivity index (χ1n) is 10.2. The van der Waals surface area contributed by atoms with Crippen molar-refractivity contribution in [3.63, 3.8) is 0 Å². The highest BCUT2D eigenvalue weighted by Crippen LogP contribution is 2.59. The summed E-state index contributed by atoms with van der Waals surface area (Å²) in [5.74, 6) is -0.242. The van der Waals surface area contributed by atoms with E-state index in [1.54, 1.807) is 0 Å². The van der Waals surface area contributed by atoms with Crippen LogP contribution in [-0.2, 0) is 9.84 Å². The van der Waals surface area contributed by atoms with Crippen LogP contribution in [0.15, 0.2) is 0 Å². The van der Waals surface area contributed by atoms with Crippen LogP contribution in [0.5, 0.6) is 0 Å². The molecule has 0 aliphatic carbocycles. The summed E-state index contributed by atoms with van der Waals surface area (Å²) in [6, 6.07) is 0. The van der Waals surface area contributed by atoms with Gasteiger partial charge in [0.2, 0.25) is 0 Å². The lowest BCUT2D eigenvalue weighted by atomic mass is 9.62. The van der Waals surface area contributed by atoms with Gasteiger partial charge in [0.1, 0.15) is 6.17 Å². The fourth-order valence-corrected chi connectivity index (χ4v) is 7.73. The summed E-state index contributed by atoms with van der Waals surface area (Å²) in [5, 5.41) is 0. The van der Waals surface area contributed by atoms with Crippen molar-refractivity contribution in [2.75, 3.05) is 5.75 Å². The largest absolute Gasteiger partial charge is 0.246 e. The third-order valence-corrected chi connectivity index (χ3v) is 9.03. The Morgan fingerprint density at radius 1 is 0.792 bits per heavy atom. The van der Waals surface area contributed by atoms with Crippen molar-refractivity contribution in [3.05, 3.63) is 0 Å². The van der Waals surface area contributed by atoms with Gasteiger partial charge in [0.25, 0.3) is 0 Å². The van der Waals surface area contributed by atoms with E-state index in [0.29, 0.717) is 12.8 Å².